The van der Waals surface area contributed by atoms with Gasteiger partial charge in [0, 0.05) is 12.0 Å². The minimum Gasteiger partial charge on any atom is -0.372 e. The maximum absolute atomic E-state index is 13.9. The Morgan fingerprint density at radius 2 is 1.43 bits per heavy atom. The lowest BCUT2D eigenvalue weighted by Crippen LogP contribution is -2.60. The van der Waals surface area contributed by atoms with Crippen molar-refractivity contribution in [2.75, 3.05) is 13.1 Å². The van der Waals surface area contributed by atoms with Crippen molar-refractivity contribution < 1.29 is 31.1 Å². The van der Waals surface area contributed by atoms with E-state index in [-0.39, 0.29) is 40.8 Å². The van der Waals surface area contributed by atoms with Gasteiger partial charge >= 0.3 is 12.4 Å². The molecule has 12 heteroatoms. The molecule has 0 saturated carbocycles. The number of ether oxygens (including phenoxy) is 1. The first-order valence-corrected chi connectivity index (χ1v) is 13.6. The van der Waals surface area contributed by atoms with Crippen LogP contribution in [0, 0.1) is 5.92 Å². The summed E-state index contributed by atoms with van der Waals surface area (Å²) in [6, 6.07) is 22.8. The zero-order valence-corrected chi connectivity index (χ0v) is 22.3. The van der Waals surface area contributed by atoms with Gasteiger partial charge in [0.2, 0.25) is 0 Å². The van der Waals surface area contributed by atoms with Crippen molar-refractivity contribution in [1.29, 1.82) is 0 Å². The molecule has 0 spiro atoms. The Morgan fingerprint density at radius 3 is 2.00 bits per heavy atom. The molecule has 0 amide bonds. The first-order chi connectivity index (χ1) is 20.1. The highest BCUT2D eigenvalue weighted by Gasteiger charge is 2.47. The molecule has 42 heavy (non-hydrogen) atoms. The Bertz CT molecular complexity index is 1460. The van der Waals surface area contributed by atoms with Gasteiger partial charge in [-0.05, 0) is 77.2 Å². The van der Waals surface area contributed by atoms with Crippen LogP contribution in [0.4, 0.5) is 26.3 Å². The maximum atomic E-state index is 13.9. The van der Waals surface area contributed by atoms with E-state index >= 15 is 0 Å². The highest BCUT2D eigenvalue weighted by molar-refractivity contribution is 5.41. The summed E-state index contributed by atoms with van der Waals surface area (Å²) >= 11 is 0. The fraction of sp³-hybridized carbons (Fsp3) is 0.367. The van der Waals surface area contributed by atoms with Crippen molar-refractivity contribution in [1.82, 2.24) is 25.1 Å². The number of halogens is 6. The highest BCUT2D eigenvalue weighted by atomic mass is 19.4. The molecule has 3 aliphatic rings. The highest BCUT2D eigenvalue weighted by Crippen LogP contribution is 2.44. The van der Waals surface area contributed by atoms with Crippen LogP contribution in [0.3, 0.4) is 0 Å². The number of rotatable bonds is 7. The smallest absolute Gasteiger partial charge is 0.372 e. The van der Waals surface area contributed by atoms with Crippen LogP contribution >= 0.6 is 0 Å². The Labute approximate surface area is 237 Å². The molecule has 3 fully saturated rings. The SMILES string of the molecule is FC(F)(F)c1cc(COC2C3CCN(CC3)C2C(c2ccccc2)c2ccccc2)cc(-n2nnnc2C(F)(F)F)c1. The van der Waals surface area contributed by atoms with Gasteiger partial charge in [0.15, 0.2) is 0 Å². The summed E-state index contributed by atoms with van der Waals surface area (Å²) in [4.78, 5) is 2.39. The molecule has 2 atom stereocenters. The molecule has 4 heterocycles. The van der Waals surface area contributed by atoms with Crippen LogP contribution in [0.25, 0.3) is 5.69 Å². The molecule has 2 bridgehead atoms. The second kappa shape index (κ2) is 11.1. The molecule has 7 rings (SSSR count). The third-order valence-corrected chi connectivity index (χ3v) is 8.17. The van der Waals surface area contributed by atoms with Crippen molar-refractivity contribution >= 4 is 0 Å². The Hall–Kier alpha value is -3.77. The predicted octanol–water partition coefficient (Wildman–Crippen LogP) is 6.51. The van der Waals surface area contributed by atoms with Crippen LogP contribution in [-0.4, -0.2) is 50.3 Å². The third-order valence-electron chi connectivity index (χ3n) is 8.17. The lowest BCUT2D eigenvalue weighted by atomic mass is 9.72. The molecule has 220 valence electrons. The number of nitrogens with zero attached hydrogens (tertiary/aromatic N) is 5. The normalized spacial score (nSPS) is 22.5. The van der Waals surface area contributed by atoms with Crippen molar-refractivity contribution in [3.63, 3.8) is 0 Å². The number of hydrogen-bond acceptors (Lipinski definition) is 5. The van der Waals surface area contributed by atoms with Gasteiger partial charge in [-0.15, -0.1) is 5.10 Å². The number of aromatic nitrogens is 4. The van der Waals surface area contributed by atoms with Crippen LogP contribution in [0.15, 0.2) is 78.9 Å². The minimum absolute atomic E-state index is 0.0480. The summed E-state index contributed by atoms with van der Waals surface area (Å²) in [6.07, 6.45) is -8.28. The molecule has 3 saturated heterocycles. The number of fused-ring (bicyclic) bond motifs is 3. The van der Waals surface area contributed by atoms with Crippen LogP contribution in [-0.2, 0) is 23.7 Å². The van der Waals surface area contributed by atoms with E-state index in [0.29, 0.717) is 6.07 Å². The van der Waals surface area contributed by atoms with Gasteiger partial charge in [0.25, 0.3) is 5.82 Å². The molecule has 0 aliphatic carbocycles. The maximum Gasteiger partial charge on any atom is 0.453 e. The van der Waals surface area contributed by atoms with Gasteiger partial charge in [-0.2, -0.15) is 31.0 Å². The van der Waals surface area contributed by atoms with Crippen molar-refractivity contribution in [3.8, 4) is 5.69 Å². The number of piperidine rings is 3. The van der Waals surface area contributed by atoms with Gasteiger partial charge in [-0.25, -0.2) is 0 Å². The zero-order chi connectivity index (χ0) is 29.5. The first kappa shape index (κ1) is 28.4. The molecule has 3 aliphatic heterocycles. The summed E-state index contributed by atoms with van der Waals surface area (Å²) in [5.41, 5.74) is 0.732. The van der Waals surface area contributed by atoms with Crippen LogP contribution in [0.5, 0.6) is 0 Å². The van der Waals surface area contributed by atoms with Crippen molar-refractivity contribution in [2.24, 2.45) is 5.92 Å². The van der Waals surface area contributed by atoms with Gasteiger partial charge < -0.3 is 4.74 Å². The van der Waals surface area contributed by atoms with E-state index in [1.54, 1.807) is 0 Å². The van der Waals surface area contributed by atoms with E-state index in [1.165, 1.54) is 6.07 Å². The lowest BCUT2D eigenvalue weighted by Gasteiger charge is -2.53. The van der Waals surface area contributed by atoms with E-state index in [1.807, 2.05) is 36.4 Å². The van der Waals surface area contributed by atoms with Gasteiger partial charge in [-0.1, -0.05) is 60.7 Å². The molecule has 2 unspecified atom stereocenters. The van der Waals surface area contributed by atoms with Crippen LogP contribution in [0.1, 0.15) is 46.8 Å². The topological polar surface area (TPSA) is 56.1 Å². The molecule has 0 radical (unpaired) electrons. The molecule has 6 nitrogen and oxygen atoms in total. The van der Waals surface area contributed by atoms with Crippen molar-refractivity contribution in [2.45, 2.75) is 49.9 Å². The summed E-state index contributed by atoms with van der Waals surface area (Å²) in [6.45, 7) is 1.55. The molecular formula is C30H27F6N5O. The zero-order valence-electron chi connectivity index (χ0n) is 22.3. The van der Waals surface area contributed by atoms with Crippen LogP contribution in [0.2, 0.25) is 0 Å². The van der Waals surface area contributed by atoms with Gasteiger partial charge in [-0.3, -0.25) is 4.90 Å². The summed E-state index contributed by atoms with van der Waals surface area (Å²) in [5, 5.41) is 9.34. The summed E-state index contributed by atoms with van der Waals surface area (Å²) < 4.78 is 88.7. The average Bonchev–Trinajstić information content (AvgIpc) is 3.49. The number of benzene rings is 3. The van der Waals surface area contributed by atoms with E-state index in [2.05, 4.69) is 44.7 Å². The minimum atomic E-state index is -4.96. The third kappa shape index (κ3) is 5.65. The Morgan fingerprint density at radius 1 is 0.810 bits per heavy atom. The second-order valence-corrected chi connectivity index (χ2v) is 10.7. The molecular weight excluding hydrogens is 560 g/mol. The molecule has 1 aromatic heterocycles. The number of alkyl halides is 6. The van der Waals surface area contributed by atoms with E-state index in [4.69, 9.17) is 4.74 Å². The fourth-order valence-electron chi connectivity index (χ4n) is 6.35. The second-order valence-electron chi connectivity index (χ2n) is 10.7. The van der Waals surface area contributed by atoms with Crippen molar-refractivity contribution in [3.05, 3.63) is 107 Å². The first-order valence-electron chi connectivity index (χ1n) is 13.6. The fourth-order valence-corrected chi connectivity index (χ4v) is 6.35. The van der Waals surface area contributed by atoms with E-state index in [0.717, 1.165) is 43.1 Å². The number of hydrogen-bond donors (Lipinski definition) is 0. The Balaban J connectivity index is 1.36. The van der Waals surface area contributed by atoms with E-state index in [9.17, 15) is 26.3 Å². The lowest BCUT2D eigenvalue weighted by molar-refractivity contribution is -0.146. The number of tetrazole rings is 1. The summed E-state index contributed by atoms with van der Waals surface area (Å²) in [5.74, 6) is -1.37. The molecule has 4 aromatic rings. The summed E-state index contributed by atoms with van der Waals surface area (Å²) in [7, 11) is 0. The van der Waals surface area contributed by atoms with E-state index < -0.39 is 29.4 Å². The predicted molar refractivity (Wildman–Crippen MR) is 141 cm³/mol. The monoisotopic (exact) mass is 587 g/mol. The average molecular weight is 588 g/mol. The van der Waals surface area contributed by atoms with Crippen LogP contribution < -0.4 is 0 Å². The van der Waals surface area contributed by atoms with Gasteiger partial charge in [0.05, 0.1) is 24.0 Å². The quantitative estimate of drug-likeness (QED) is 0.231. The molecule has 0 N–H and O–H groups in total. The Kier molecular flexibility index (Phi) is 7.52. The van der Waals surface area contributed by atoms with Gasteiger partial charge in [0.1, 0.15) is 0 Å². The standard InChI is InChI=1S/C30H27F6N5O/c31-29(32,33)23-15-19(16-24(17-23)41-28(30(34,35)36)37-38-39-41)18-42-27-22-11-13-40(14-12-22)26(27)25(20-7-3-1-4-8-20)21-9-5-2-6-10-21/h1-10,15-17,22,25-27H,11-14,18H2. The largest absolute Gasteiger partial charge is 0.453 e. The molecule has 3 aromatic carbocycles.